The van der Waals surface area contributed by atoms with Crippen molar-refractivity contribution in [3.63, 3.8) is 0 Å². The van der Waals surface area contributed by atoms with Crippen LogP contribution in [0.1, 0.15) is 89.4 Å². The molecule has 0 atom stereocenters. The number of likely N-dealkylation sites (tertiary alicyclic amines) is 1. The summed E-state index contributed by atoms with van der Waals surface area (Å²) in [5.41, 5.74) is 0.819. The third-order valence-corrected chi connectivity index (χ3v) is 7.31. The van der Waals surface area contributed by atoms with Crippen LogP contribution in [-0.4, -0.2) is 50.1 Å². The average molecular weight is 450 g/mol. The van der Waals surface area contributed by atoms with Crippen LogP contribution in [0.3, 0.4) is 0 Å². The van der Waals surface area contributed by atoms with Crippen LogP contribution in [0.2, 0.25) is 0 Å². The Bertz CT molecular complexity index is 991. The van der Waals surface area contributed by atoms with Gasteiger partial charge in [0.15, 0.2) is 5.65 Å². The third-order valence-electron chi connectivity index (χ3n) is 7.31. The Labute approximate surface area is 186 Å². The van der Waals surface area contributed by atoms with E-state index in [0.29, 0.717) is 41.0 Å². The second kappa shape index (κ2) is 8.90. The molecule has 2 aliphatic carbocycles. The fourth-order valence-corrected chi connectivity index (χ4v) is 4.60. The molecule has 1 N–H and O–H groups in total. The maximum atomic E-state index is 13.3. The average Bonchev–Trinajstić information content (AvgIpc) is 3.12. The molecule has 2 saturated carbocycles. The van der Waals surface area contributed by atoms with Crippen molar-refractivity contribution in [2.75, 3.05) is 13.1 Å². The van der Waals surface area contributed by atoms with E-state index < -0.39 is 5.92 Å². The molecule has 1 saturated heterocycles. The second-order valence-corrected chi connectivity index (χ2v) is 10.3. The number of nitrogens with one attached hydrogen (secondary N) is 1. The predicted molar refractivity (Wildman–Crippen MR) is 118 cm³/mol. The number of fused-ring (bicyclic) bond motifs is 1. The quantitative estimate of drug-likeness (QED) is 0.704. The normalized spacial score (nSPS) is 23.3. The van der Waals surface area contributed by atoms with Crippen molar-refractivity contribution < 1.29 is 13.6 Å². The Balaban J connectivity index is 0.000000207. The van der Waals surface area contributed by atoms with Gasteiger partial charge < -0.3 is 9.88 Å². The summed E-state index contributed by atoms with van der Waals surface area (Å²) in [4.78, 5) is 31.8. The first kappa shape index (κ1) is 22.9. The Morgan fingerprint density at radius 2 is 1.75 bits per heavy atom. The molecule has 1 aliphatic heterocycles. The van der Waals surface area contributed by atoms with Crippen molar-refractivity contribution in [3.8, 4) is 0 Å². The van der Waals surface area contributed by atoms with Crippen molar-refractivity contribution in [1.29, 1.82) is 0 Å². The van der Waals surface area contributed by atoms with Gasteiger partial charge in [0.2, 0.25) is 12.3 Å². The van der Waals surface area contributed by atoms with E-state index in [1.165, 1.54) is 6.20 Å². The number of H-pyrrole nitrogens is 1. The van der Waals surface area contributed by atoms with E-state index in [2.05, 4.69) is 28.9 Å². The summed E-state index contributed by atoms with van der Waals surface area (Å²) in [5.74, 6) is -1.54. The van der Waals surface area contributed by atoms with Gasteiger partial charge in [-0.15, -0.1) is 0 Å². The SMILES string of the molecule is CC1(C)CCN(C=O)CC1.O=c1[nH]c(C2CCC2)nc2c1cnn2C1CCC(F)(F)CC1. The number of amides is 1. The Kier molecular flexibility index (Phi) is 6.36. The number of rotatable bonds is 3. The van der Waals surface area contributed by atoms with Gasteiger partial charge in [0.1, 0.15) is 11.2 Å². The maximum Gasteiger partial charge on any atom is 0.262 e. The summed E-state index contributed by atoms with van der Waals surface area (Å²) in [7, 11) is 0. The van der Waals surface area contributed by atoms with Gasteiger partial charge in [-0.25, -0.2) is 18.4 Å². The van der Waals surface area contributed by atoms with Crippen LogP contribution in [0.5, 0.6) is 0 Å². The van der Waals surface area contributed by atoms with E-state index in [0.717, 1.165) is 51.6 Å². The van der Waals surface area contributed by atoms with Gasteiger partial charge >= 0.3 is 0 Å². The molecule has 5 rings (SSSR count). The molecular formula is C23H33F2N5O2. The van der Waals surface area contributed by atoms with E-state index >= 15 is 0 Å². The van der Waals surface area contributed by atoms with Crippen molar-refractivity contribution in [1.82, 2.24) is 24.6 Å². The van der Waals surface area contributed by atoms with Gasteiger partial charge in [0, 0.05) is 31.8 Å². The lowest BCUT2D eigenvalue weighted by atomic mass is 9.83. The molecule has 1 amide bonds. The molecule has 3 aliphatic rings. The lowest BCUT2D eigenvalue weighted by Crippen LogP contribution is -2.36. The number of carbonyl (C=O) groups excluding carboxylic acids is 1. The van der Waals surface area contributed by atoms with Crippen molar-refractivity contribution >= 4 is 17.4 Å². The summed E-state index contributed by atoms with van der Waals surface area (Å²) in [6.45, 7) is 6.40. The largest absolute Gasteiger partial charge is 0.345 e. The fraction of sp³-hybridized carbons (Fsp3) is 0.739. The number of halogens is 2. The molecule has 0 spiro atoms. The minimum absolute atomic E-state index is 0.0966. The molecule has 0 unspecified atom stereocenters. The molecule has 7 nitrogen and oxygen atoms in total. The first-order chi connectivity index (χ1) is 15.2. The highest BCUT2D eigenvalue weighted by atomic mass is 19.3. The van der Waals surface area contributed by atoms with Crippen molar-refractivity contribution in [3.05, 3.63) is 22.4 Å². The second-order valence-electron chi connectivity index (χ2n) is 10.3. The number of hydrogen-bond donors (Lipinski definition) is 1. The number of carbonyl (C=O) groups is 1. The van der Waals surface area contributed by atoms with Gasteiger partial charge in [0.05, 0.1) is 12.2 Å². The lowest BCUT2D eigenvalue weighted by Gasteiger charge is -2.34. The summed E-state index contributed by atoms with van der Waals surface area (Å²) in [6, 6.07) is -0.0966. The Hall–Kier alpha value is -2.32. The van der Waals surface area contributed by atoms with Gasteiger partial charge in [-0.05, 0) is 43.9 Å². The maximum absolute atomic E-state index is 13.3. The fourth-order valence-electron chi connectivity index (χ4n) is 4.60. The molecule has 2 aromatic heterocycles. The lowest BCUT2D eigenvalue weighted by molar-refractivity contribution is -0.119. The zero-order valence-corrected chi connectivity index (χ0v) is 18.9. The number of aromatic amines is 1. The van der Waals surface area contributed by atoms with Crippen LogP contribution in [-0.2, 0) is 4.79 Å². The van der Waals surface area contributed by atoms with Crippen molar-refractivity contribution in [2.45, 2.75) is 89.5 Å². The Morgan fingerprint density at radius 3 is 2.31 bits per heavy atom. The topological polar surface area (TPSA) is 83.9 Å². The molecule has 0 bridgehead atoms. The molecule has 3 heterocycles. The molecule has 32 heavy (non-hydrogen) atoms. The highest BCUT2D eigenvalue weighted by molar-refractivity contribution is 5.73. The highest BCUT2D eigenvalue weighted by Crippen LogP contribution is 2.39. The molecule has 9 heteroatoms. The molecule has 2 aromatic rings. The molecule has 176 valence electrons. The van der Waals surface area contributed by atoms with Crippen LogP contribution in [0.15, 0.2) is 11.0 Å². The number of aromatic nitrogens is 4. The number of piperidine rings is 1. The minimum atomic E-state index is -2.57. The smallest absolute Gasteiger partial charge is 0.262 e. The van der Waals surface area contributed by atoms with E-state index in [-0.39, 0.29) is 24.4 Å². The summed E-state index contributed by atoms with van der Waals surface area (Å²) in [5, 5.41) is 4.71. The monoisotopic (exact) mass is 449 g/mol. The molecule has 0 radical (unpaired) electrons. The molecular weight excluding hydrogens is 416 g/mol. The van der Waals surface area contributed by atoms with Gasteiger partial charge in [-0.2, -0.15) is 5.10 Å². The first-order valence-corrected chi connectivity index (χ1v) is 11.7. The van der Waals surface area contributed by atoms with E-state index in [1.54, 1.807) is 4.68 Å². The highest BCUT2D eigenvalue weighted by Gasteiger charge is 2.36. The van der Waals surface area contributed by atoms with Crippen LogP contribution < -0.4 is 5.56 Å². The number of nitrogens with zero attached hydrogens (tertiary/aromatic N) is 4. The van der Waals surface area contributed by atoms with E-state index in [4.69, 9.17) is 0 Å². The van der Waals surface area contributed by atoms with Crippen LogP contribution >= 0.6 is 0 Å². The summed E-state index contributed by atoms with van der Waals surface area (Å²) >= 11 is 0. The van der Waals surface area contributed by atoms with Gasteiger partial charge in [-0.3, -0.25) is 9.59 Å². The van der Waals surface area contributed by atoms with Gasteiger partial charge in [-0.1, -0.05) is 20.3 Å². The zero-order chi connectivity index (χ0) is 22.9. The van der Waals surface area contributed by atoms with E-state index in [1.807, 2.05) is 4.90 Å². The van der Waals surface area contributed by atoms with Crippen molar-refractivity contribution in [2.24, 2.45) is 5.41 Å². The molecule has 3 fully saturated rings. The summed E-state index contributed by atoms with van der Waals surface area (Å²) < 4.78 is 28.3. The van der Waals surface area contributed by atoms with E-state index in [9.17, 15) is 18.4 Å². The van der Waals surface area contributed by atoms with Crippen LogP contribution in [0.4, 0.5) is 8.78 Å². The minimum Gasteiger partial charge on any atom is -0.345 e. The molecule has 0 aromatic carbocycles. The number of hydrogen-bond acceptors (Lipinski definition) is 4. The predicted octanol–water partition coefficient (Wildman–Crippen LogP) is 4.40. The first-order valence-electron chi connectivity index (χ1n) is 11.7. The van der Waals surface area contributed by atoms with Crippen LogP contribution in [0.25, 0.3) is 11.0 Å². The van der Waals surface area contributed by atoms with Gasteiger partial charge in [0.25, 0.3) is 5.56 Å². The Morgan fingerprint density at radius 1 is 1.09 bits per heavy atom. The zero-order valence-electron chi connectivity index (χ0n) is 18.9. The van der Waals surface area contributed by atoms with Crippen LogP contribution in [0, 0.1) is 5.41 Å². The number of alkyl halides is 2. The third kappa shape index (κ3) is 5.02. The summed E-state index contributed by atoms with van der Waals surface area (Å²) in [6.07, 6.45) is 8.47. The standard InChI is InChI=1S/C15H18F2N4O.C8H15NO/c16-15(17)6-4-10(5-7-15)21-13-11(8-18-21)14(22)20-12(19-13)9-2-1-3-9;1-8(2)3-5-9(7-10)6-4-8/h8-10H,1-7H2,(H,19,20,22);7H,3-6H2,1-2H3.